The van der Waals surface area contributed by atoms with Crippen molar-refractivity contribution in [1.82, 2.24) is 14.9 Å². The molecule has 134 valence electrons. The van der Waals surface area contributed by atoms with E-state index in [-0.39, 0.29) is 5.54 Å². The maximum atomic E-state index is 5.58. The summed E-state index contributed by atoms with van der Waals surface area (Å²) in [6, 6.07) is 9.10. The molecule has 1 aromatic heterocycles. The largest absolute Gasteiger partial charge is 0.381 e. The second-order valence-electron chi connectivity index (χ2n) is 7.95. The first-order chi connectivity index (χ1) is 12.2. The Hall–Kier alpha value is -1.65. The second-order valence-corrected chi connectivity index (χ2v) is 7.95. The Morgan fingerprint density at radius 2 is 1.88 bits per heavy atom. The molecule has 0 radical (unpaired) electrons. The van der Waals surface area contributed by atoms with Crippen LogP contribution in [-0.4, -0.2) is 29.3 Å². The lowest BCUT2D eigenvalue weighted by molar-refractivity contribution is 0.0322. The van der Waals surface area contributed by atoms with Crippen molar-refractivity contribution in [3.8, 4) is 0 Å². The zero-order chi connectivity index (χ0) is 17.3. The Morgan fingerprint density at radius 3 is 2.60 bits per heavy atom. The predicted octanol–water partition coefficient (Wildman–Crippen LogP) is 3.28. The van der Waals surface area contributed by atoms with E-state index in [1.165, 1.54) is 22.5 Å². The van der Waals surface area contributed by atoms with Crippen LogP contribution in [0.4, 0.5) is 0 Å². The number of nitrogens with one attached hydrogen (secondary N) is 1. The molecule has 0 unspecified atom stereocenters. The number of nitrogens with zero attached hydrogens (tertiary/aromatic N) is 2. The number of benzene rings is 1. The van der Waals surface area contributed by atoms with E-state index in [2.05, 4.69) is 48.0 Å². The first-order valence-corrected chi connectivity index (χ1v) is 9.61. The molecule has 2 aliphatic rings. The van der Waals surface area contributed by atoms with E-state index in [4.69, 9.17) is 9.72 Å². The minimum atomic E-state index is 0.0399. The van der Waals surface area contributed by atoms with Gasteiger partial charge >= 0.3 is 0 Å². The Kier molecular flexibility index (Phi) is 4.65. The van der Waals surface area contributed by atoms with Gasteiger partial charge in [0.25, 0.3) is 0 Å². The molecule has 0 saturated carbocycles. The summed E-state index contributed by atoms with van der Waals surface area (Å²) in [6.45, 7) is 8.15. The molecule has 2 aliphatic heterocycles. The van der Waals surface area contributed by atoms with Crippen LogP contribution in [0.1, 0.15) is 49.2 Å². The first kappa shape index (κ1) is 16.8. The van der Waals surface area contributed by atoms with Crippen LogP contribution in [0.5, 0.6) is 0 Å². The van der Waals surface area contributed by atoms with Gasteiger partial charge in [-0.15, -0.1) is 0 Å². The SMILES string of the molecule is CC(C)Cc1ccc(Cn2cnc3c2CCNC32CCOCC2)cc1. The highest BCUT2D eigenvalue weighted by atomic mass is 16.5. The fraction of sp³-hybridized carbons (Fsp3) is 0.571. The summed E-state index contributed by atoms with van der Waals surface area (Å²) >= 11 is 0. The molecule has 3 heterocycles. The lowest BCUT2D eigenvalue weighted by Gasteiger charge is -2.40. The molecule has 2 aromatic rings. The molecule has 0 aliphatic carbocycles. The number of hydrogen-bond acceptors (Lipinski definition) is 3. The maximum Gasteiger partial charge on any atom is 0.0955 e. The maximum absolute atomic E-state index is 5.58. The highest BCUT2D eigenvalue weighted by molar-refractivity contribution is 5.29. The molecule has 25 heavy (non-hydrogen) atoms. The quantitative estimate of drug-likeness (QED) is 0.929. The van der Waals surface area contributed by atoms with Crippen LogP contribution in [0.3, 0.4) is 0 Å². The zero-order valence-electron chi connectivity index (χ0n) is 15.4. The third kappa shape index (κ3) is 3.38. The summed E-state index contributed by atoms with van der Waals surface area (Å²) in [5, 5.41) is 3.74. The minimum Gasteiger partial charge on any atom is -0.381 e. The average molecular weight is 339 g/mol. The summed E-state index contributed by atoms with van der Waals surface area (Å²) in [5.74, 6) is 0.703. The van der Waals surface area contributed by atoms with Crippen LogP contribution in [0.2, 0.25) is 0 Å². The molecule has 1 N–H and O–H groups in total. The van der Waals surface area contributed by atoms with Crippen LogP contribution in [0.15, 0.2) is 30.6 Å². The fourth-order valence-electron chi connectivity index (χ4n) is 4.29. The number of imidazole rings is 1. The van der Waals surface area contributed by atoms with Crippen molar-refractivity contribution in [2.45, 2.75) is 51.6 Å². The van der Waals surface area contributed by atoms with E-state index in [0.717, 1.165) is 52.0 Å². The normalized spacial score (nSPS) is 19.3. The van der Waals surface area contributed by atoms with Crippen molar-refractivity contribution in [2.75, 3.05) is 19.8 Å². The van der Waals surface area contributed by atoms with Gasteiger partial charge in [0.05, 0.1) is 17.6 Å². The summed E-state index contributed by atoms with van der Waals surface area (Å²) < 4.78 is 7.93. The van der Waals surface area contributed by atoms with Crippen LogP contribution in [0.25, 0.3) is 0 Å². The van der Waals surface area contributed by atoms with Gasteiger partial charge in [-0.05, 0) is 36.3 Å². The van der Waals surface area contributed by atoms with Crippen molar-refractivity contribution in [3.63, 3.8) is 0 Å². The van der Waals surface area contributed by atoms with Crippen LogP contribution in [-0.2, 0) is 29.7 Å². The third-order valence-corrected chi connectivity index (χ3v) is 5.59. The summed E-state index contributed by atoms with van der Waals surface area (Å²) in [6.07, 6.45) is 6.30. The highest BCUT2D eigenvalue weighted by Crippen LogP contribution is 2.36. The molecule has 1 aromatic carbocycles. The Morgan fingerprint density at radius 1 is 1.16 bits per heavy atom. The number of ether oxygens (including phenoxy) is 1. The third-order valence-electron chi connectivity index (χ3n) is 5.59. The van der Waals surface area contributed by atoms with E-state index in [9.17, 15) is 0 Å². The van der Waals surface area contributed by atoms with Crippen molar-refractivity contribution in [1.29, 1.82) is 0 Å². The van der Waals surface area contributed by atoms with E-state index in [1.807, 2.05) is 6.33 Å². The Balaban J connectivity index is 1.54. The molecule has 0 amide bonds. The Bertz CT molecular complexity index is 711. The van der Waals surface area contributed by atoms with E-state index in [0.29, 0.717) is 5.92 Å². The summed E-state index contributed by atoms with van der Waals surface area (Å²) in [7, 11) is 0. The molecule has 0 atom stereocenters. The van der Waals surface area contributed by atoms with Gasteiger partial charge in [-0.1, -0.05) is 38.1 Å². The molecule has 4 nitrogen and oxygen atoms in total. The van der Waals surface area contributed by atoms with Crippen molar-refractivity contribution >= 4 is 0 Å². The molecule has 0 bridgehead atoms. The van der Waals surface area contributed by atoms with Gasteiger partial charge in [0.1, 0.15) is 0 Å². The molecule has 1 fully saturated rings. The second kappa shape index (κ2) is 6.93. The topological polar surface area (TPSA) is 39.1 Å². The predicted molar refractivity (Wildman–Crippen MR) is 99.8 cm³/mol. The molecule has 1 saturated heterocycles. The number of hydrogen-bond donors (Lipinski definition) is 1. The van der Waals surface area contributed by atoms with Gasteiger partial charge in [0, 0.05) is 38.4 Å². The monoisotopic (exact) mass is 339 g/mol. The van der Waals surface area contributed by atoms with E-state index >= 15 is 0 Å². The fourth-order valence-corrected chi connectivity index (χ4v) is 4.29. The van der Waals surface area contributed by atoms with Crippen LogP contribution >= 0.6 is 0 Å². The summed E-state index contributed by atoms with van der Waals surface area (Å²) in [5.41, 5.74) is 5.49. The van der Waals surface area contributed by atoms with Gasteiger partial charge in [-0.25, -0.2) is 4.98 Å². The smallest absolute Gasteiger partial charge is 0.0955 e. The van der Waals surface area contributed by atoms with Crippen LogP contribution < -0.4 is 5.32 Å². The standard InChI is InChI=1S/C21H29N3O/c1-16(2)13-17-3-5-18(6-4-17)14-24-15-22-20-19(24)7-10-23-21(20)8-11-25-12-9-21/h3-6,15-16,23H,7-14H2,1-2H3. The van der Waals surface area contributed by atoms with Gasteiger partial charge < -0.3 is 14.6 Å². The first-order valence-electron chi connectivity index (χ1n) is 9.61. The van der Waals surface area contributed by atoms with Gasteiger partial charge in [-0.2, -0.15) is 0 Å². The number of fused-ring (bicyclic) bond motifs is 2. The minimum absolute atomic E-state index is 0.0399. The number of aromatic nitrogens is 2. The van der Waals surface area contributed by atoms with Gasteiger partial charge in [0.15, 0.2) is 0 Å². The average Bonchev–Trinajstić information content (AvgIpc) is 3.02. The highest BCUT2D eigenvalue weighted by Gasteiger charge is 2.40. The van der Waals surface area contributed by atoms with E-state index < -0.39 is 0 Å². The van der Waals surface area contributed by atoms with Crippen LogP contribution in [0, 0.1) is 5.92 Å². The molecule has 1 spiro atoms. The van der Waals surface area contributed by atoms with Gasteiger partial charge in [0.2, 0.25) is 0 Å². The number of rotatable bonds is 4. The van der Waals surface area contributed by atoms with Crippen molar-refractivity contribution < 1.29 is 4.74 Å². The lowest BCUT2D eigenvalue weighted by atomic mass is 9.82. The molecular weight excluding hydrogens is 310 g/mol. The zero-order valence-corrected chi connectivity index (χ0v) is 15.4. The molecule has 4 heteroatoms. The lowest BCUT2D eigenvalue weighted by Crippen LogP contribution is -2.51. The van der Waals surface area contributed by atoms with Crippen molar-refractivity contribution in [3.05, 3.63) is 53.1 Å². The van der Waals surface area contributed by atoms with Crippen molar-refractivity contribution in [2.24, 2.45) is 5.92 Å². The van der Waals surface area contributed by atoms with Gasteiger partial charge in [-0.3, -0.25) is 0 Å². The Labute approximate surface area is 150 Å². The molecular formula is C21H29N3O. The van der Waals surface area contributed by atoms with E-state index in [1.54, 1.807) is 0 Å². The molecule has 4 rings (SSSR count). The summed E-state index contributed by atoms with van der Waals surface area (Å²) in [4.78, 5) is 4.83.